The van der Waals surface area contributed by atoms with Crippen LogP contribution in [0.25, 0.3) is 0 Å². The van der Waals surface area contributed by atoms with Gasteiger partial charge in [-0.1, -0.05) is 36.8 Å². The fraction of sp³-hybridized carbons (Fsp3) is 0.562. The highest BCUT2D eigenvalue weighted by Crippen LogP contribution is 2.25. The molecule has 1 aromatic carbocycles. The lowest BCUT2D eigenvalue weighted by atomic mass is 9.89. The molecule has 21 heavy (non-hydrogen) atoms. The summed E-state index contributed by atoms with van der Waals surface area (Å²) in [6, 6.07) is 8.62. The lowest BCUT2D eigenvalue weighted by molar-refractivity contribution is -0.0972. The van der Waals surface area contributed by atoms with Crippen molar-refractivity contribution in [3.05, 3.63) is 35.4 Å². The number of halogens is 1. The Morgan fingerprint density at radius 3 is 2.43 bits per heavy atom. The molecule has 0 bridgehead atoms. The quantitative estimate of drug-likeness (QED) is 0.477. The molecule has 1 heterocycles. The number of ether oxygens (including phenoxy) is 1. The molecule has 0 aliphatic carbocycles. The van der Waals surface area contributed by atoms with Crippen LogP contribution in [0.15, 0.2) is 29.3 Å². The van der Waals surface area contributed by atoms with E-state index in [0.717, 1.165) is 32.3 Å². The molecule has 0 radical (unpaired) electrons. The standard InChI is InChI=1S/C16H25N3O.HI/c1-13-5-7-14(8-6-13)9-19(4)15(17-3)18-10-16(2)11-20-12-16;/h5-8H,9-12H2,1-4H3,(H,17,18);1H. The Morgan fingerprint density at radius 2 is 1.95 bits per heavy atom. The number of aryl methyl sites for hydroxylation is 1. The second-order valence-electron chi connectivity index (χ2n) is 6.05. The van der Waals surface area contributed by atoms with E-state index in [4.69, 9.17) is 4.74 Å². The molecule has 2 rings (SSSR count). The Labute approximate surface area is 145 Å². The molecule has 118 valence electrons. The molecule has 0 spiro atoms. The van der Waals surface area contributed by atoms with E-state index < -0.39 is 0 Å². The highest BCUT2D eigenvalue weighted by molar-refractivity contribution is 14.0. The van der Waals surface area contributed by atoms with E-state index in [2.05, 4.69) is 60.4 Å². The smallest absolute Gasteiger partial charge is 0.193 e. The van der Waals surface area contributed by atoms with Crippen molar-refractivity contribution in [3.8, 4) is 0 Å². The van der Waals surface area contributed by atoms with E-state index in [1.165, 1.54) is 11.1 Å². The normalized spacial score (nSPS) is 16.7. The SMILES string of the molecule is CN=C(NCC1(C)COC1)N(C)Cc1ccc(C)cc1.I. The number of nitrogens with one attached hydrogen (secondary N) is 1. The number of hydrogen-bond donors (Lipinski definition) is 1. The molecule has 1 fully saturated rings. The number of nitrogens with zero attached hydrogens (tertiary/aromatic N) is 2. The minimum Gasteiger partial charge on any atom is -0.380 e. The average molecular weight is 403 g/mol. The van der Waals surface area contributed by atoms with Gasteiger partial charge in [-0.05, 0) is 12.5 Å². The van der Waals surface area contributed by atoms with Gasteiger partial charge in [0.05, 0.1) is 13.2 Å². The maximum absolute atomic E-state index is 5.28. The van der Waals surface area contributed by atoms with Crippen LogP contribution in [-0.2, 0) is 11.3 Å². The van der Waals surface area contributed by atoms with Crippen LogP contribution in [0.5, 0.6) is 0 Å². The zero-order chi connectivity index (χ0) is 14.6. The summed E-state index contributed by atoms with van der Waals surface area (Å²) in [6.07, 6.45) is 0. The summed E-state index contributed by atoms with van der Waals surface area (Å²) in [5.41, 5.74) is 2.83. The highest BCUT2D eigenvalue weighted by Gasteiger charge is 2.33. The van der Waals surface area contributed by atoms with E-state index in [1.54, 1.807) is 0 Å². The third kappa shape index (κ3) is 5.14. The first-order valence-electron chi connectivity index (χ1n) is 7.07. The van der Waals surface area contributed by atoms with Gasteiger partial charge in [0.2, 0.25) is 0 Å². The number of benzene rings is 1. The van der Waals surface area contributed by atoms with E-state index in [-0.39, 0.29) is 29.4 Å². The zero-order valence-electron chi connectivity index (χ0n) is 13.3. The maximum Gasteiger partial charge on any atom is 0.193 e. The van der Waals surface area contributed by atoms with Gasteiger partial charge in [-0.3, -0.25) is 4.99 Å². The predicted molar refractivity (Wildman–Crippen MR) is 98.3 cm³/mol. The summed E-state index contributed by atoms with van der Waals surface area (Å²) in [4.78, 5) is 6.50. The van der Waals surface area contributed by atoms with E-state index in [1.807, 2.05) is 7.05 Å². The van der Waals surface area contributed by atoms with Crippen LogP contribution in [0.3, 0.4) is 0 Å². The van der Waals surface area contributed by atoms with Gasteiger partial charge in [0, 0.05) is 32.6 Å². The summed E-state index contributed by atoms with van der Waals surface area (Å²) in [5.74, 6) is 0.929. The number of guanidine groups is 1. The van der Waals surface area contributed by atoms with Crippen molar-refractivity contribution < 1.29 is 4.74 Å². The molecular formula is C16H26IN3O. The largest absolute Gasteiger partial charge is 0.380 e. The van der Waals surface area contributed by atoms with Crippen LogP contribution < -0.4 is 5.32 Å². The lowest BCUT2D eigenvalue weighted by Gasteiger charge is -2.39. The molecule has 1 aromatic rings. The minimum atomic E-state index is 0. The Balaban J connectivity index is 0.00000220. The summed E-state index contributed by atoms with van der Waals surface area (Å²) in [7, 11) is 3.89. The maximum atomic E-state index is 5.28. The first-order valence-corrected chi connectivity index (χ1v) is 7.07. The first-order chi connectivity index (χ1) is 9.52. The molecule has 1 aliphatic rings. The molecule has 4 nitrogen and oxygen atoms in total. The van der Waals surface area contributed by atoms with Gasteiger partial charge in [0.15, 0.2) is 5.96 Å². The average Bonchev–Trinajstić information content (AvgIpc) is 2.40. The van der Waals surface area contributed by atoms with Gasteiger partial charge in [0.1, 0.15) is 0 Å². The molecule has 0 amide bonds. The first kappa shape index (κ1) is 18.2. The molecule has 5 heteroatoms. The van der Waals surface area contributed by atoms with E-state index in [0.29, 0.717) is 0 Å². The van der Waals surface area contributed by atoms with Crippen LogP contribution >= 0.6 is 24.0 Å². The van der Waals surface area contributed by atoms with Crippen molar-refractivity contribution in [2.24, 2.45) is 10.4 Å². The van der Waals surface area contributed by atoms with Crippen molar-refractivity contribution >= 4 is 29.9 Å². The molecule has 1 N–H and O–H groups in total. The Bertz CT molecular complexity index is 469. The summed E-state index contributed by atoms with van der Waals surface area (Å²) >= 11 is 0. The van der Waals surface area contributed by atoms with Gasteiger partial charge in [0.25, 0.3) is 0 Å². The van der Waals surface area contributed by atoms with E-state index >= 15 is 0 Å². The Kier molecular flexibility index (Phi) is 6.93. The van der Waals surface area contributed by atoms with Crippen molar-refractivity contribution in [1.29, 1.82) is 0 Å². The summed E-state index contributed by atoms with van der Waals surface area (Å²) in [6.45, 7) is 7.76. The molecular weight excluding hydrogens is 377 g/mol. The van der Waals surface area contributed by atoms with Gasteiger partial charge < -0.3 is 15.0 Å². The fourth-order valence-corrected chi connectivity index (χ4v) is 2.27. The lowest BCUT2D eigenvalue weighted by Crippen LogP contribution is -2.51. The number of hydrogen-bond acceptors (Lipinski definition) is 2. The van der Waals surface area contributed by atoms with Crippen molar-refractivity contribution in [2.75, 3.05) is 33.9 Å². The Morgan fingerprint density at radius 1 is 1.33 bits per heavy atom. The van der Waals surface area contributed by atoms with Crippen LogP contribution in [0.1, 0.15) is 18.1 Å². The number of aliphatic imine (C=N–C) groups is 1. The molecule has 0 unspecified atom stereocenters. The summed E-state index contributed by atoms with van der Waals surface area (Å²) < 4.78 is 5.28. The molecule has 0 atom stereocenters. The van der Waals surface area contributed by atoms with Crippen LogP contribution in [0, 0.1) is 12.3 Å². The topological polar surface area (TPSA) is 36.9 Å². The highest BCUT2D eigenvalue weighted by atomic mass is 127. The minimum absolute atomic E-state index is 0. The fourth-order valence-electron chi connectivity index (χ4n) is 2.27. The van der Waals surface area contributed by atoms with Crippen molar-refractivity contribution in [3.63, 3.8) is 0 Å². The monoisotopic (exact) mass is 403 g/mol. The van der Waals surface area contributed by atoms with Crippen molar-refractivity contribution in [1.82, 2.24) is 10.2 Å². The van der Waals surface area contributed by atoms with Gasteiger partial charge in [-0.25, -0.2) is 0 Å². The van der Waals surface area contributed by atoms with Crippen LogP contribution in [0.4, 0.5) is 0 Å². The van der Waals surface area contributed by atoms with Gasteiger partial charge >= 0.3 is 0 Å². The Hall–Kier alpha value is -0.820. The predicted octanol–water partition coefficient (Wildman–Crippen LogP) is 2.66. The molecule has 0 aromatic heterocycles. The van der Waals surface area contributed by atoms with E-state index in [9.17, 15) is 0 Å². The second kappa shape index (κ2) is 7.98. The second-order valence-corrected chi connectivity index (χ2v) is 6.05. The van der Waals surface area contributed by atoms with Gasteiger partial charge in [-0.15, -0.1) is 24.0 Å². The van der Waals surface area contributed by atoms with Crippen LogP contribution in [-0.4, -0.2) is 44.7 Å². The summed E-state index contributed by atoms with van der Waals surface area (Å²) in [5, 5.41) is 3.44. The molecule has 1 saturated heterocycles. The zero-order valence-corrected chi connectivity index (χ0v) is 15.7. The van der Waals surface area contributed by atoms with Crippen LogP contribution in [0.2, 0.25) is 0 Å². The third-order valence-corrected chi connectivity index (χ3v) is 3.69. The van der Waals surface area contributed by atoms with Gasteiger partial charge in [-0.2, -0.15) is 0 Å². The molecule has 1 aliphatic heterocycles. The van der Waals surface area contributed by atoms with Crippen molar-refractivity contribution in [2.45, 2.75) is 20.4 Å². The number of rotatable bonds is 4. The third-order valence-electron chi connectivity index (χ3n) is 3.69. The molecule has 0 saturated carbocycles.